The number of aromatic nitrogens is 2. The van der Waals surface area contributed by atoms with Crippen molar-refractivity contribution < 1.29 is 13.2 Å². The quantitative estimate of drug-likeness (QED) is 0.840. The number of hydrogen-bond acceptors (Lipinski definition) is 4. The molecule has 122 valence electrons. The number of nitrogens with zero attached hydrogens (tertiary/aromatic N) is 4. The van der Waals surface area contributed by atoms with Gasteiger partial charge in [-0.05, 0) is 44.8 Å². The fraction of sp³-hybridized carbons (Fsp3) is 0.733. The lowest BCUT2D eigenvalue weighted by atomic mass is 10.0. The molecule has 2 fully saturated rings. The molecule has 2 aliphatic heterocycles. The van der Waals surface area contributed by atoms with E-state index in [2.05, 4.69) is 14.9 Å². The van der Waals surface area contributed by atoms with Gasteiger partial charge in [0.1, 0.15) is 5.69 Å². The summed E-state index contributed by atoms with van der Waals surface area (Å²) >= 11 is 0. The Kier molecular flexibility index (Phi) is 4.52. The van der Waals surface area contributed by atoms with Crippen molar-refractivity contribution in [2.75, 3.05) is 31.1 Å². The summed E-state index contributed by atoms with van der Waals surface area (Å²) in [5.74, 6) is 0.201. The third-order valence-corrected chi connectivity index (χ3v) is 4.59. The van der Waals surface area contributed by atoms with E-state index in [1.807, 2.05) is 4.90 Å². The second-order valence-corrected chi connectivity index (χ2v) is 6.05. The minimum absolute atomic E-state index is 0.201. The van der Waals surface area contributed by atoms with Gasteiger partial charge in [0.25, 0.3) is 0 Å². The second-order valence-electron chi connectivity index (χ2n) is 6.05. The first-order valence-corrected chi connectivity index (χ1v) is 7.93. The van der Waals surface area contributed by atoms with Gasteiger partial charge in [0.2, 0.25) is 5.95 Å². The molecule has 3 heterocycles. The van der Waals surface area contributed by atoms with E-state index in [1.54, 1.807) is 0 Å². The predicted octanol–water partition coefficient (Wildman–Crippen LogP) is 2.95. The molecule has 0 N–H and O–H groups in total. The molecule has 1 aromatic heterocycles. The molecule has 1 aromatic rings. The standard InChI is InChI=1S/C15H21F3N4/c16-15(17,18)13-4-7-19-14(20-13)22-10-5-12(6-11-22)21-8-2-1-3-9-21/h4,7,12H,1-3,5-6,8-11H2. The Morgan fingerprint density at radius 3 is 2.32 bits per heavy atom. The molecular weight excluding hydrogens is 293 g/mol. The van der Waals surface area contributed by atoms with Crippen LogP contribution in [-0.2, 0) is 6.18 Å². The van der Waals surface area contributed by atoms with Gasteiger partial charge in [0.15, 0.2) is 0 Å². The summed E-state index contributed by atoms with van der Waals surface area (Å²) in [7, 11) is 0. The average Bonchev–Trinajstić information content (AvgIpc) is 2.55. The molecule has 0 amide bonds. The summed E-state index contributed by atoms with van der Waals surface area (Å²) in [5.41, 5.74) is -0.865. The molecule has 22 heavy (non-hydrogen) atoms. The van der Waals surface area contributed by atoms with E-state index in [-0.39, 0.29) is 5.95 Å². The molecule has 0 radical (unpaired) electrons. The highest BCUT2D eigenvalue weighted by atomic mass is 19.4. The molecule has 0 aromatic carbocycles. The maximum Gasteiger partial charge on any atom is 0.433 e. The van der Waals surface area contributed by atoms with E-state index in [1.165, 1.54) is 25.5 Å². The Balaban J connectivity index is 1.61. The predicted molar refractivity (Wildman–Crippen MR) is 77.7 cm³/mol. The van der Waals surface area contributed by atoms with Crippen molar-refractivity contribution >= 4 is 5.95 Å². The Morgan fingerprint density at radius 2 is 1.68 bits per heavy atom. The van der Waals surface area contributed by atoms with Gasteiger partial charge in [0, 0.05) is 25.3 Å². The van der Waals surface area contributed by atoms with Crippen LogP contribution in [0.2, 0.25) is 0 Å². The van der Waals surface area contributed by atoms with Crippen LogP contribution >= 0.6 is 0 Å². The first-order valence-electron chi connectivity index (χ1n) is 7.93. The van der Waals surface area contributed by atoms with Crippen molar-refractivity contribution in [1.29, 1.82) is 0 Å². The number of alkyl halides is 3. The molecule has 0 bridgehead atoms. The molecule has 2 aliphatic rings. The monoisotopic (exact) mass is 314 g/mol. The van der Waals surface area contributed by atoms with Gasteiger partial charge in [-0.3, -0.25) is 0 Å². The van der Waals surface area contributed by atoms with Crippen molar-refractivity contribution in [3.63, 3.8) is 0 Å². The van der Waals surface area contributed by atoms with Crippen molar-refractivity contribution in [2.45, 2.75) is 44.3 Å². The van der Waals surface area contributed by atoms with Gasteiger partial charge >= 0.3 is 6.18 Å². The van der Waals surface area contributed by atoms with Crippen LogP contribution in [0.25, 0.3) is 0 Å². The van der Waals surface area contributed by atoms with Crippen LogP contribution in [0.15, 0.2) is 12.3 Å². The van der Waals surface area contributed by atoms with E-state index in [0.717, 1.165) is 45.1 Å². The Bertz CT molecular complexity index is 492. The maximum absolute atomic E-state index is 12.7. The lowest BCUT2D eigenvalue weighted by Crippen LogP contribution is -2.47. The van der Waals surface area contributed by atoms with Crippen molar-refractivity contribution in [1.82, 2.24) is 14.9 Å². The van der Waals surface area contributed by atoms with Crippen LogP contribution in [-0.4, -0.2) is 47.1 Å². The lowest BCUT2D eigenvalue weighted by Gasteiger charge is -2.40. The third kappa shape index (κ3) is 3.51. The molecule has 3 rings (SSSR count). The summed E-state index contributed by atoms with van der Waals surface area (Å²) < 4.78 is 38.2. The van der Waals surface area contributed by atoms with Crippen LogP contribution in [0.4, 0.5) is 19.1 Å². The second kappa shape index (κ2) is 6.40. The zero-order valence-corrected chi connectivity index (χ0v) is 12.5. The molecule has 0 atom stereocenters. The highest BCUT2D eigenvalue weighted by Crippen LogP contribution is 2.29. The first kappa shape index (κ1) is 15.5. The number of hydrogen-bond donors (Lipinski definition) is 0. The summed E-state index contributed by atoms with van der Waals surface area (Å²) in [6.45, 7) is 3.76. The molecule has 0 unspecified atom stereocenters. The zero-order chi connectivity index (χ0) is 15.6. The van der Waals surface area contributed by atoms with E-state index >= 15 is 0 Å². The Hall–Kier alpha value is -1.37. The largest absolute Gasteiger partial charge is 0.433 e. The summed E-state index contributed by atoms with van der Waals surface area (Å²) in [5, 5.41) is 0. The third-order valence-electron chi connectivity index (χ3n) is 4.59. The average molecular weight is 314 g/mol. The fourth-order valence-electron chi connectivity index (χ4n) is 3.37. The smallest absolute Gasteiger partial charge is 0.341 e. The molecule has 2 saturated heterocycles. The minimum Gasteiger partial charge on any atom is -0.341 e. The van der Waals surface area contributed by atoms with Crippen LogP contribution in [0.3, 0.4) is 0 Å². The van der Waals surface area contributed by atoms with Gasteiger partial charge in [-0.15, -0.1) is 0 Å². The first-order chi connectivity index (χ1) is 10.5. The summed E-state index contributed by atoms with van der Waals surface area (Å²) in [6.07, 6.45) is 2.56. The van der Waals surface area contributed by atoms with Crippen LogP contribution in [0.5, 0.6) is 0 Å². The fourth-order valence-corrected chi connectivity index (χ4v) is 3.37. The van der Waals surface area contributed by atoms with Crippen LogP contribution in [0, 0.1) is 0 Å². The Labute approximate surface area is 128 Å². The van der Waals surface area contributed by atoms with E-state index in [0.29, 0.717) is 6.04 Å². The summed E-state index contributed by atoms with van der Waals surface area (Å²) in [4.78, 5) is 12.1. The van der Waals surface area contributed by atoms with Crippen molar-refractivity contribution in [3.8, 4) is 0 Å². The molecular formula is C15H21F3N4. The molecule has 0 spiro atoms. The topological polar surface area (TPSA) is 32.3 Å². The van der Waals surface area contributed by atoms with Crippen LogP contribution in [0.1, 0.15) is 37.8 Å². The Morgan fingerprint density at radius 1 is 1.00 bits per heavy atom. The van der Waals surface area contributed by atoms with Gasteiger partial charge in [-0.25, -0.2) is 9.97 Å². The normalized spacial score (nSPS) is 22.0. The van der Waals surface area contributed by atoms with Gasteiger partial charge in [-0.1, -0.05) is 6.42 Å². The van der Waals surface area contributed by atoms with Gasteiger partial charge < -0.3 is 9.80 Å². The number of anilines is 1. The zero-order valence-electron chi connectivity index (χ0n) is 12.5. The molecule has 4 nitrogen and oxygen atoms in total. The number of rotatable bonds is 2. The van der Waals surface area contributed by atoms with E-state index in [4.69, 9.17) is 0 Å². The number of likely N-dealkylation sites (tertiary alicyclic amines) is 1. The number of halogens is 3. The molecule has 7 heteroatoms. The highest BCUT2D eigenvalue weighted by Gasteiger charge is 2.34. The van der Waals surface area contributed by atoms with Crippen LogP contribution < -0.4 is 4.90 Å². The van der Waals surface area contributed by atoms with Crippen molar-refractivity contribution in [2.24, 2.45) is 0 Å². The van der Waals surface area contributed by atoms with Gasteiger partial charge in [-0.2, -0.15) is 13.2 Å². The number of piperidine rings is 2. The van der Waals surface area contributed by atoms with Crippen molar-refractivity contribution in [3.05, 3.63) is 18.0 Å². The van der Waals surface area contributed by atoms with E-state index < -0.39 is 11.9 Å². The molecule has 0 aliphatic carbocycles. The lowest BCUT2D eigenvalue weighted by molar-refractivity contribution is -0.141. The maximum atomic E-state index is 12.7. The molecule has 0 saturated carbocycles. The van der Waals surface area contributed by atoms with E-state index in [9.17, 15) is 13.2 Å². The van der Waals surface area contributed by atoms with Gasteiger partial charge in [0.05, 0.1) is 0 Å². The minimum atomic E-state index is -4.41. The highest BCUT2D eigenvalue weighted by molar-refractivity contribution is 5.31. The SMILES string of the molecule is FC(F)(F)c1ccnc(N2CCC(N3CCCCC3)CC2)n1. The summed E-state index contributed by atoms with van der Waals surface area (Å²) in [6, 6.07) is 1.48.